The van der Waals surface area contributed by atoms with Gasteiger partial charge in [-0.3, -0.25) is 4.98 Å². The Morgan fingerprint density at radius 2 is 2.47 bits per heavy atom. The van der Waals surface area contributed by atoms with Crippen LogP contribution in [0.1, 0.15) is 12.8 Å². The minimum absolute atomic E-state index is 0.358. The fourth-order valence-corrected chi connectivity index (χ4v) is 1.82. The molecule has 1 unspecified atom stereocenters. The molecule has 0 saturated heterocycles. The van der Waals surface area contributed by atoms with Crippen molar-refractivity contribution in [2.24, 2.45) is 5.92 Å². The number of rotatable bonds is 5. The Kier molecular flexibility index (Phi) is 3.44. The third-order valence-corrected chi connectivity index (χ3v) is 2.98. The van der Waals surface area contributed by atoms with Crippen LogP contribution in [0.4, 0.5) is 5.69 Å². The van der Waals surface area contributed by atoms with Crippen LogP contribution in [0, 0.1) is 5.92 Å². The lowest BCUT2D eigenvalue weighted by atomic mass is 10.2. The minimum atomic E-state index is 0.358. The van der Waals surface area contributed by atoms with Crippen LogP contribution in [0.25, 0.3) is 0 Å². The van der Waals surface area contributed by atoms with Crippen molar-refractivity contribution in [3.05, 3.63) is 23.5 Å². The van der Waals surface area contributed by atoms with Crippen molar-refractivity contribution in [3.8, 4) is 0 Å². The molecule has 82 valence electrons. The van der Waals surface area contributed by atoms with E-state index in [-0.39, 0.29) is 0 Å². The number of anilines is 1. The molecule has 1 aromatic rings. The van der Waals surface area contributed by atoms with E-state index in [1.807, 2.05) is 0 Å². The van der Waals surface area contributed by atoms with Crippen LogP contribution in [0.15, 0.2) is 18.5 Å². The van der Waals surface area contributed by atoms with Gasteiger partial charge >= 0.3 is 0 Å². The average molecular weight is 227 g/mol. The first kappa shape index (κ1) is 10.7. The molecular weight excluding hydrogens is 212 g/mol. The molecule has 3 nitrogen and oxygen atoms in total. The number of methoxy groups -OCH3 is 1. The van der Waals surface area contributed by atoms with Gasteiger partial charge in [0, 0.05) is 13.3 Å². The van der Waals surface area contributed by atoms with Crippen LogP contribution in [0.5, 0.6) is 0 Å². The molecule has 0 spiro atoms. The monoisotopic (exact) mass is 226 g/mol. The van der Waals surface area contributed by atoms with Gasteiger partial charge < -0.3 is 10.1 Å². The highest BCUT2D eigenvalue weighted by Gasteiger charge is 2.31. The van der Waals surface area contributed by atoms with Gasteiger partial charge in [-0.2, -0.15) is 0 Å². The molecule has 1 heterocycles. The number of hydrogen-bond donors (Lipinski definition) is 1. The van der Waals surface area contributed by atoms with E-state index in [9.17, 15) is 0 Å². The van der Waals surface area contributed by atoms with Gasteiger partial charge in [0.1, 0.15) is 0 Å². The van der Waals surface area contributed by atoms with Crippen molar-refractivity contribution >= 4 is 17.3 Å². The molecular formula is C11H15ClN2O. The van der Waals surface area contributed by atoms with Crippen molar-refractivity contribution < 1.29 is 4.74 Å². The van der Waals surface area contributed by atoms with Crippen molar-refractivity contribution in [3.63, 3.8) is 0 Å². The Balaban J connectivity index is 2.02. The third-order valence-electron chi connectivity index (χ3n) is 2.65. The average Bonchev–Trinajstić information content (AvgIpc) is 3.04. The molecule has 1 N–H and O–H groups in total. The number of aromatic nitrogens is 1. The molecule has 15 heavy (non-hydrogen) atoms. The van der Waals surface area contributed by atoms with Gasteiger partial charge in [0.25, 0.3) is 0 Å². The summed E-state index contributed by atoms with van der Waals surface area (Å²) in [6, 6.07) is 2.15. The van der Waals surface area contributed by atoms with Gasteiger partial charge in [0.15, 0.2) is 0 Å². The lowest BCUT2D eigenvalue weighted by molar-refractivity contribution is 0.179. The zero-order chi connectivity index (χ0) is 10.7. The Hall–Kier alpha value is -0.800. The second-order valence-corrected chi connectivity index (χ2v) is 4.31. The summed E-state index contributed by atoms with van der Waals surface area (Å²) >= 11 is 6.05. The lowest BCUT2D eigenvalue weighted by Gasteiger charge is -2.18. The maximum absolute atomic E-state index is 6.05. The molecule has 0 amide bonds. The molecule has 4 heteroatoms. The maximum atomic E-state index is 6.05. The number of nitrogens with zero attached hydrogens (tertiary/aromatic N) is 1. The van der Waals surface area contributed by atoms with Crippen LogP contribution < -0.4 is 5.32 Å². The van der Waals surface area contributed by atoms with Crippen LogP contribution >= 0.6 is 11.6 Å². The van der Waals surface area contributed by atoms with Gasteiger partial charge in [-0.15, -0.1) is 0 Å². The third kappa shape index (κ3) is 2.83. The Morgan fingerprint density at radius 3 is 3.07 bits per heavy atom. The lowest BCUT2D eigenvalue weighted by Crippen LogP contribution is -2.27. The molecule has 2 rings (SSSR count). The first-order valence-electron chi connectivity index (χ1n) is 5.16. The zero-order valence-corrected chi connectivity index (χ0v) is 9.50. The minimum Gasteiger partial charge on any atom is -0.383 e. The summed E-state index contributed by atoms with van der Waals surface area (Å²) in [7, 11) is 1.72. The molecule has 1 saturated carbocycles. The zero-order valence-electron chi connectivity index (χ0n) is 8.74. The topological polar surface area (TPSA) is 34.1 Å². The Labute approximate surface area is 94.8 Å². The second-order valence-electron chi connectivity index (χ2n) is 3.90. The quantitative estimate of drug-likeness (QED) is 0.838. The Bertz CT molecular complexity index is 328. The van der Waals surface area contributed by atoms with Gasteiger partial charge in [0.2, 0.25) is 0 Å². The summed E-state index contributed by atoms with van der Waals surface area (Å²) in [4.78, 5) is 4.05. The molecule has 1 aliphatic carbocycles. The highest BCUT2D eigenvalue weighted by atomic mass is 35.5. The molecule has 0 radical (unpaired) electrons. The second kappa shape index (κ2) is 4.81. The molecule has 0 aliphatic heterocycles. The van der Waals surface area contributed by atoms with Crippen molar-refractivity contribution in [2.75, 3.05) is 19.0 Å². The number of ether oxygens (including phenoxy) is 1. The number of pyridine rings is 1. The van der Waals surface area contributed by atoms with Gasteiger partial charge in [-0.1, -0.05) is 11.6 Å². The summed E-state index contributed by atoms with van der Waals surface area (Å²) in [6.45, 7) is 0.718. The van der Waals surface area contributed by atoms with Crippen LogP contribution in [-0.4, -0.2) is 24.7 Å². The van der Waals surface area contributed by atoms with E-state index in [1.54, 1.807) is 25.6 Å². The smallest absolute Gasteiger partial charge is 0.0719 e. The summed E-state index contributed by atoms with van der Waals surface area (Å²) in [5.74, 6) is 0.723. The highest BCUT2D eigenvalue weighted by molar-refractivity contribution is 6.33. The molecule has 1 fully saturated rings. The first-order valence-corrected chi connectivity index (χ1v) is 5.54. The maximum Gasteiger partial charge on any atom is 0.0719 e. The van der Waals surface area contributed by atoms with Crippen LogP contribution in [0.3, 0.4) is 0 Å². The molecule has 1 aliphatic rings. The summed E-state index contributed by atoms with van der Waals surface area (Å²) in [5, 5.41) is 4.11. The van der Waals surface area contributed by atoms with E-state index < -0.39 is 0 Å². The molecule has 0 aromatic carbocycles. The van der Waals surface area contributed by atoms with Crippen LogP contribution in [-0.2, 0) is 4.74 Å². The summed E-state index contributed by atoms with van der Waals surface area (Å²) in [6.07, 6.45) is 6.00. The number of halogens is 1. The fourth-order valence-electron chi connectivity index (χ4n) is 1.66. The van der Waals surface area contributed by atoms with Crippen molar-refractivity contribution in [2.45, 2.75) is 18.9 Å². The normalized spacial score (nSPS) is 17.5. The summed E-state index contributed by atoms with van der Waals surface area (Å²) < 4.78 is 5.19. The summed E-state index contributed by atoms with van der Waals surface area (Å²) in [5.41, 5.74) is 0.896. The van der Waals surface area contributed by atoms with Gasteiger partial charge in [-0.25, -0.2) is 0 Å². The number of nitrogens with one attached hydrogen (secondary N) is 1. The van der Waals surface area contributed by atoms with E-state index in [0.717, 1.165) is 18.2 Å². The van der Waals surface area contributed by atoms with Crippen molar-refractivity contribution in [1.82, 2.24) is 4.98 Å². The van der Waals surface area contributed by atoms with Crippen molar-refractivity contribution in [1.29, 1.82) is 0 Å². The Morgan fingerprint density at radius 1 is 1.67 bits per heavy atom. The molecule has 1 aromatic heterocycles. The van der Waals surface area contributed by atoms with Gasteiger partial charge in [0.05, 0.1) is 29.6 Å². The van der Waals surface area contributed by atoms with E-state index in [0.29, 0.717) is 11.1 Å². The van der Waals surface area contributed by atoms with E-state index >= 15 is 0 Å². The highest BCUT2D eigenvalue weighted by Crippen LogP contribution is 2.35. The predicted octanol–water partition coefficient (Wildman–Crippen LogP) is 2.57. The fraction of sp³-hybridized carbons (Fsp3) is 0.545. The largest absolute Gasteiger partial charge is 0.383 e. The number of hydrogen-bond acceptors (Lipinski definition) is 3. The standard InChI is InChI=1S/C11H15ClN2O/c1-15-7-11(8-2-3-8)14-10-6-13-5-4-9(10)12/h4-6,8,11,14H,2-3,7H2,1H3. The first-order chi connectivity index (χ1) is 7.31. The van der Waals surface area contributed by atoms with E-state index in [1.165, 1.54) is 12.8 Å². The van der Waals surface area contributed by atoms with Crippen LogP contribution in [0.2, 0.25) is 5.02 Å². The predicted molar refractivity (Wildman–Crippen MR) is 61.3 cm³/mol. The SMILES string of the molecule is COCC(Nc1cnccc1Cl)C1CC1. The van der Waals surface area contributed by atoms with Gasteiger partial charge in [-0.05, 0) is 24.8 Å². The van der Waals surface area contributed by atoms with E-state index in [2.05, 4.69) is 10.3 Å². The molecule has 1 atom stereocenters. The molecule has 0 bridgehead atoms. The van der Waals surface area contributed by atoms with E-state index in [4.69, 9.17) is 16.3 Å².